The number of hydrogen-bond acceptors (Lipinski definition) is 3. The molecule has 0 fully saturated rings. The Labute approximate surface area is 92.4 Å². The van der Waals surface area contributed by atoms with Crippen LogP contribution in [0.1, 0.15) is 13.3 Å². The van der Waals surface area contributed by atoms with Gasteiger partial charge in [-0.1, -0.05) is 0 Å². The number of rotatable bonds is 4. The summed E-state index contributed by atoms with van der Waals surface area (Å²) in [5.74, 6) is 0.296. The summed E-state index contributed by atoms with van der Waals surface area (Å²) >= 11 is 0. The summed E-state index contributed by atoms with van der Waals surface area (Å²) in [5.41, 5.74) is 0.932. The Balaban J connectivity index is 2.39. The molecule has 92 valence electrons. The fourth-order valence-corrected chi connectivity index (χ4v) is 1.29. The fourth-order valence-electron chi connectivity index (χ4n) is 1.29. The summed E-state index contributed by atoms with van der Waals surface area (Å²) in [6, 6.07) is 0.139. The van der Waals surface area contributed by atoms with Crippen LogP contribution in [0.2, 0.25) is 0 Å². The van der Waals surface area contributed by atoms with Gasteiger partial charge >= 0.3 is 6.18 Å². The van der Waals surface area contributed by atoms with E-state index in [1.54, 1.807) is 6.08 Å². The number of hydrogen-bond donors (Lipinski definition) is 1. The summed E-state index contributed by atoms with van der Waals surface area (Å²) in [4.78, 5) is 4.18. The van der Waals surface area contributed by atoms with Gasteiger partial charge in [0.25, 0.3) is 0 Å². The van der Waals surface area contributed by atoms with Crippen molar-refractivity contribution in [3.8, 4) is 0 Å². The zero-order valence-electron chi connectivity index (χ0n) is 9.27. The molecule has 0 aliphatic carbocycles. The Morgan fingerprint density at radius 2 is 2.25 bits per heavy atom. The Kier molecular flexibility index (Phi) is 4.35. The molecule has 3 nitrogen and oxygen atoms in total. The maximum Gasteiger partial charge on any atom is 0.422 e. The van der Waals surface area contributed by atoms with E-state index in [2.05, 4.69) is 15.0 Å². The highest BCUT2D eigenvalue weighted by atomic mass is 19.4. The molecule has 1 atom stereocenters. The van der Waals surface area contributed by atoms with Crippen LogP contribution in [0.5, 0.6) is 0 Å². The van der Waals surface area contributed by atoms with Gasteiger partial charge in [-0.05, 0) is 20.0 Å². The Morgan fingerprint density at radius 1 is 1.56 bits per heavy atom. The lowest BCUT2D eigenvalue weighted by atomic mass is 10.1. The van der Waals surface area contributed by atoms with Crippen LogP contribution >= 0.6 is 0 Å². The van der Waals surface area contributed by atoms with Crippen molar-refractivity contribution in [1.29, 1.82) is 0 Å². The molecule has 0 bridgehead atoms. The molecule has 1 heterocycles. The molecule has 0 radical (unpaired) electrons. The average molecular weight is 236 g/mol. The van der Waals surface area contributed by atoms with Crippen molar-refractivity contribution in [2.75, 3.05) is 20.2 Å². The minimum atomic E-state index is -4.29. The minimum absolute atomic E-state index is 0.139. The first-order chi connectivity index (χ1) is 7.42. The van der Waals surface area contributed by atoms with Gasteiger partial charge in [0.2, 0.25) is 0 Å². The largest absolute Gasteiger partial charge is 0.487 e. The summed E-state index contributed by atoms with van der Waals surface area (Å²) in [5, 5.41) is 3.02. The molecule has 0 aromatic carbocycles. The van der Waals surface area contributed by atoms with Crippen LogP contribution in [-0.2, 0) is 4.74 Å². The fraction of sp³-hybridized carbons (Fsp3) is 0.700. The minimum Gasteiger partial charge on any atom is -0.487 e. The molecule has 1 rings (SSSR count). The van der Waals surface area contributed by atoms with E-state index in [-0.39, 0.29) is 12.6 Å². The van der Waals surface area contributed by atoms with Crippen molar-refractivity contribution in [3.05, 3.63) is 11.8 Å². The molecule has 0 aromatic rings. The SMILES string of the molecule is CNC(C)C1=NCC(OCC(F)(F)F)=CC1. The van der Waals surface area contributed by atoms with E-state index in [0.717, 1.165) is 5.71 Å². The van der Waals surface area contributed by atoms with E-state index >= 15 is 0 Å². The molecular weight excluding hydrogens is 221 g/mol. The van der Waals surface area contributed by atoms with Crippen molar-refractivity contribution in [2.45, 2.75) is 25.6 Å². The summed E-state index contributed by atoms with van der Waals surface area (Å²) in [6.45, 7) is 0.900. The average Bonchev–Trinajstić information content (AvgIpc) is 2.25. The zero-order chi connectivity index (χ0) is 12.2. The Bertz CT molecular complexity index is 297. The lowest BCUT2D eigenvalue weighted by molar-refractivity contribution is -0.164. The first kappa shape index (κ1) is 13.0. The first-order valence-corrected chi connectivity index (χ1v) is 5.01. The molecule has 0 amide bonds. The molecular formula is C10H15F3N2O. The van der Waals surface area contributed by atoms with Gasteiger partial charge in [-0.3, -0.25) is 4.99 Å². The van der Waals surface area contributed by atoms with E-state index in [0.29, 0.717) is 12.2 Å². The Hall–Kier alpha value is -1.04. The molecule has 1 unspecified atom stereocenters. The van der Waals surface area contributed by atoms with Crippen LogP contribution in [0.3, 0.4) is 0 Å². The molecule has 0 saturated heterocycles. The number of aliphatic imine (C=N–C) groups is 1. The molecule has 0 aromatic heterocycles. The second kappa shape index (κ2) is 5.34. The highest BCUT2D eigenvalue weighted by Crippen LogP contribution is 2.18. The third-order valence-corrected chi connectivity index (χ3v) is 2.33. The van der Waals surface area contributed by atoms with Crippen molar-refractivity contribution >= 4 is 5.71 Å². The number of ether oxygens (including phenoxy) is 1. The van der Waals surface area contributed by atoms with Crippen molar-refractivity contribution in [2.24, 2.45) is 4.99 Å². The van der Waals surface area contributed by atoms with Crippen LogP contribution in [0, 0.1) is 0 Å². The summed E-state index contributed by atoms with van der Waals surface area (Å²) in [7, 11) is 1.81. The maximum absolute atomic E-state index is 11.9. The molecule has 16 heavy (non-hydrogen) atoms. The van der Waals surface area contributed by atoms with E-state index < -0.39 is 12.8 Å². The Morgan fingerprint density at radius 3 is 2.69 bits per heavy atom. The van der Waals surface area contributed by atoms with E-state index in [1.165, 1.54) is 0 Å². The second-order valence-electron chi connectivity index (χ2n) is 3.60. The lowest BCUT2D eigenvalue weighted by Gasteiger charge is -2.19. The molecule has 1 aliphatic rings. The van der Waals surface area contributed by atoms with Gasteiger partial charge in [0.15, 0.2) is 6.61 Å². The number of nitrogens with one attached hydrogen (secondary N) is 1. The van der Waals surface area contributed by atoms with Crippen LogP contribution < -0.4 is 5.32 Å². The van der Waals surface area contributed by atoms with Gasteiger partial charge in [-0.15, -0.1) is 0 Å². The predicted molar refractivity (Wildman–Crippen MR) is 55.5 cm³/mol. The van der Waals surface area contributed by atoms with Gasteiger partial charge in [-0.2, -0.15) is 13.2 Å². The highest BCUT2D eigenvalue weighted by Gasteiger charge is 2.29. The molecule has 0 saturated carbocycles. The molecule has 1 aliphatic heterocycles. The third kappa shape index (κ3) is 4.22. The topological polar surface area (TPSA) is 33.6 Å². The quantitative estimate of drug-likeness (QED) is 0.808. The number of halogens is 3. The van der Waals surface area contributed by atoms with E-state index in [4.69, 9.17) is 0 Å². The van der Waals surface area contributed by atoms with Crippen LogP contribution in [0.15, 0.2) is 16.8 Å². The molecule has 6 heteroatoms. The lowest BCUT2D eigenvalue weighted by Crippen LogP contribution is -2.32. The van der Waals surface area contributed by atoms with Crippen LogP contribution in [-0.4, -0.2) is 38.1 Å². The molecule has 0 spiro atoms. The first-order valence-electron chi connectivity index (χ1n) is 5.01. The summed E-state index contributed by atoms with van der Waals surface area (Å²) < 4.78 is 40.2. The number of nitrogens with zero attached hydrogens (tertiary/aromatic N) is 1. The van der Waals surface area contributed by atoms with Gasteiger partial charge in [0.1, 0.15) is 5.76 Å². The number of alkyl halides is 3. The third-order valence-electron chi connectivity index (χ3n) is 2.33. The van der Waals surface area contributed by atoms with Crippen molar-refractivity contribution < 1.29 is 17.9 Å². The van der Waals surface area contributed by atoms with Gasteiger partial charge in [0.05, 0.1) is 6.54 Å². The normalized spacial score (nSPS) is 18.8. The monoisotopic (exact) mass is 236 g/mol. The van der Waals surface area contributed by atoms with Crippen molar-refractivity contribution in [3.63, 3.8) is 0 Å². The van der Waals surface area contributed by atoms with Gasteiger partial charge in [-0.25, -0.2) is 0 Å². The van der Waals surface area contributed by atoms with Crippen molar-refractivity contribution in [1.82, 2.24) is 5.32 Å². The van der Waals surface area contributed by atoms with Gasteiger partial charge < -0.3 is 10.1 Å². The maximum atomic E-state index is 11.9. The smallest absolute Gasteiger partial charge is 0.422 e. The second-order valence-corrected chi connectivity index (χ2v) is 3.60. The summed E-state index contributed by atoms with van der Waals surface area (Å²) in [6.07, 6.45) is -2.10. The highest BCUT2D eigenvalue weighted by molar-refractivity contribution is 5.91. The van der Waals surface area contributed by atoms with Crippen LogP contribution in [0.4, 0.5) is 13.2 Å². The number of dihydropyridines is 1. The number of allylic oxidation sites excluding steroid dienone is 1. The van der Waals surface area contributed by atoms with E-state index in [9.17, 15) is 13.2 Å². The predicted octanol–water partition coefficient (Wildman–Crippen LogP) is 1.90. The zero-order valence-corrected chi connectivity index (χ0v) is 9.27. The van der Waals surface area contributed by atoms with Crippen LogP contribution in [0.25, 0.3) is 0 Å². The van der Waals surface area contributed by atoms with E-state index in [1.807, 2.05) is 14.0 Å². The standard InChI is InChI=1S/C10H15F3N2O/c1-7(14-2)9-4-3-8(5-15-9)16-6-10(11,12)13/h3,7,14H,4-6H2,1-2H3. The van der Waals surface area contributed by atoms with Gasteiger partial charge in [0, 0.05) is 18.2 Å². The molecule has 1 N–H and O–H groups in total.